The van der Waals surface area contributed by atoms with Crippen molar-refractivity contribution in [3.63, 3.8) is 0 Å². The highest BCUT2D eigenvalue weighted by Crippen LogP contribution is 2.33. The molecule has 1 heterocycles. The Balaban J connectivity index is 2.03. The van der Waals surface area contributed by atoms with Crippen molar-refractivity contribution in [2.45, 2.75) is 46.1 Å². The largest absolute Gasteiger partial charge is 0.339 e. The highest BCUT2D eigenvalue weighted by Gasteiger charge is 2.41. The van der Waals surface area contributed by atoms with Gasteiger partial charge in [0.15, 0.2) is 0 Å². The maximum absolute atomic E-state index is 12.6. The SMILES string of the molecule is CC(C)N(CC1CC1)C(=O)C1(C)CCNC1. The lowest BCUT2D eigenvalue weighted by molar-refractivity contribution is -0.142. The molecule has 0 aromatic heterocycles. The van der Waals surface area contributed by atoms with Crippen molar-refractivity contribution in [3.05, 3.63) is 0 Å². The number of rotatable bonds is 4. The third-order valence-corrected chi connectivity index (χ3v) is 3.92. The van der Waals surface area contributed by atoms with Gasteiger partial charge in [0.1, 0.15) is 0 Å². The lowest BCUT2D eigenvalue weighted by Gasteiger charge is -2.34. The smallest absolute Gasteiger partial charge is 0.230 e. The molecule has 0 aromatic rings. The van der Waals surface area contributed by atoms with Crippen LogP contribution in [-0.2, 0) is 4.79 Å². The van der Waals surface area contributed by atoms with Crippen LogP contribution in [0.25, 0.3) is 0 Å². The Bertz CT molecular complexity index is 265. The Morgan fingerprint density at radius 3 is 2.62 bits per heavy atom. The van der Waals surface area contributed by atoms with Crippen LogP contribution in [-0.4, -0.2) is 36.5 Å². The number of carbonyl (C=O) groups excluding carboxylic acids is 1. The summed E-state index contributed by atoms with van der Waals surface area (Å²) in [5, 5.41) is 3.31. The van der Waals surface area contributed by atoms with Gasteiger partial charge in [0.25, 0.3) is 0 Å². The monoisotopic (exact) mass is 224 g/mol. The zero-order valence-electron chi connectivity index (χ0n) is 10.8. The summed E-state index contributed by atoms with van der Waals surface area (Å²) in [7, 11) is 0. The van der Waals surface area contributed by atoms with E-state index in [9.17, 15) is 4.79 Å². The predicted octanol–water partition coefficient (Wildman–Crippen LogP) is 1.63. The second-order valence-corrected chi connectivity index (χ2v) is 5.98. The topological polar surface area (TPSA) is 32.3 Å². The zero-order valence-corrected chi connectivity index (χ0v) is 10.8. The molecule has 0 spiro atoms. The van der Waals surface area contributed by atoms with Gasteiger partial charge in [0.2, 0.25) is 5.91 Å². The Labute approximate surface area is 98.6 Å². The first-order valence-electron chi connectivity index (χ1n) is 6.55. The van der Waals surface area contributed by atoms with Crippen LogP contribution in [0, 0.1) is 11.3 Å². The minimum absolute atomic E-state index is 0.154. The van der Waals surface area contributed by atoms with Crippen LogP contribution >= 0.6 is 0 Å². The summed E-state index contributed by atoms with van der Waals surface area (Å²) in [4.78, 5) is 14.7. The lowest BCUT2D eigenvalue weighted by atomic mass is 9.87. The van der Waals surface area contributed by atoms with E-state index < -0.39 is 0 Å². The van der Waals surface area contributed by atoms with Gasteiger partial charge < -0.3 is 10.2 Å². The molecule has 1 saturated heterocycles. The van der Waals surface area contributed by atoms with E-state index in [-0.39, 0.29) is 5.41 Å². The summed E-state index contributed by atoms with van der Waals surface area (Å²) in [6.45, 7) is 9.18. The van der Waals surface area contributed by atoms with E-state index in [2.05, 4.69) is 31.0 Å². The molecule has 2 rings (SSSR count). The maximum atomic E-state index is 12.6. The number of hydrogen-bond donors (Lipinski definition) is 1. The van der Waals surface area contributed by atoms with Crippen molar-refractivity contribution in [2.24, 2.45) is 11.3 Å². The van der Waals surface area contributed by atoms with E-state index in [0.717, 1.165) is 32.0 Å². The molecule has 1 unspecified atom stereocenters. The molecule has 1 N–H and O–H groups in total. The van der Waals surface area contributed by atoms with Gasteiger partial charge in [0, 0.05) is 19.1 Å². The number of nitrogens with zero attached hydrogens (tertiary/aromatic N) is 1. The Morgan fingerprint density at radius 1 is 1.50 bits per heavy atom. The highest BCUT2D eigenvalue weighted by molar-refractivity contribution is 5.83. The first kappa shape index (κ1) is 11.9. The molecule has 0 aromatic carbocycles. The molecule has 0 radical (unpaired) electrons. The highest BCUT2D eigenvalue weighted by atomic mass is 16.2. The van der Waals surface area contributed by atoms with Crippen molar-refractivity contribution in [2.75, 3.05) is 19.6 Å². The molecule has 1 atom stereocenters. The van der Waals surface area contributed by atoms with Gasteiger partial charge in [-0.15, -0.1) is 0 Å². The van der Waals surface area contributed by atoms with Gasteiger partial charge in [-0.3, -0.25) is 4.79 Å². The summed E-state index contributed by atoms with van der Waals surface area (Å²) in [5.41, 5.74) is -0.154. The van der Waals surface area contributed by atoms with E-state index in [1.165, 1.54) is 12.8 Å². The molecule has 1 amide bonds. The molecule has 16 heavy (non-hydrogen) atoms. The van der Waals surface area contributed by atoms with E-state index in [4.69, 9.17) is 0 Å². The Kier molecular flexibility index (Phi) is 3.24. The summed E-state index contributed by atoms with van der Waals surface area (Å²) in [5.74, 6) is 1.14. The molecule has 92 valence electrons. The fourth-order valence-electron chi connectivity index (χ4n) is 2.45. The second-order valence-electron chi connectivity index (χ2n) is 5.98. The molecule has 2 aliphatic rings. The standard InChI is InChI=1S/C13H24N2O/c1-10(2)15(8-11-4-5-11)12(16)13(3)6-7-14-9-13/h10-11,14H,4-9H2,1-3H3. The Morgan fingerprint density at radius 2 is 2.19 bits per heavy atom. The molecule has 3 nitrogen and oxygen atoms in total. The number of amides is 1. The first-order chi connectivity index (χ1) is 7.53. The fraction of sp³-hybridized carbons (Fsp3) is 0.923. The minimum atomic E-state index is -0.154. The molecular weight excluding hydrogens is 200 g/mol. The lowest BCUT2D eigenvalue weighted by Crippen LogP contribution is -2.47. The number of nitrogens with one attached hydrogen (secondary N) is 1. The van der Waals surface area contributed by atoms with Crippen LogP contribution in [0.1, 0.15) is 40.0 Å². The number of carbonyl (C=O) groups is 1. The van der Waals surface area contributed by atoms with Crippen LogP contribution in [0.15, 0.2) is 0 Å². The second kappa shape index (κ2) is 4.36. The maximum Gasteiger partial charge on any atom is 0.230 e. The van der Waals surface area contributed by atoms with Crippen LogP contribution < -0.4 is 5.32 Å². The van der Waals surface area contributed by atoms with Gasteiger partial charge in [-0.1, -0.05) is 0 Å². The molecule has 1 aliphatic heterocycles. The molecular formula is C13H24N2O. The van der Waals surface area contributed by atoms with E-state index in [1.807, 2.05) is 0 Å². The first-order valence-corrected chi connectivity index (χ1v) is 6.55. The van der Waals surface area contributed by atoms with E-state index in [1.54, 1.807) is 0 Å². The van der Waals surface area contributed by atoms with Crippen molar-refractivity contribution < 1.29 is 4.79 Å². The Hall–Kier alpha value is -0.570. The van der Waals surface area contributed by atoms with E-state index in [0.29, 0.717) is 11.9 Å². The average Bonchev–Trinajstić information content (AvgIpc) is 2.95. The van der Waals surface area contributed by atoms with Crippen LogP contribution in [0.2, 0.25) is 0 Å². The zero-order chi connectivity index (χ0) is 11.8. The molecule has 3 heteroatoms. The van der Waals surface area contributed by atoms with Gasteiger partial charge in [-0.25, -0.2) is 0 Å². The van der Waals surface area contributed by atoms with Crippen LogP contribution in [0.4, 0.5) is 0 Å². The fourth-order valence-corrected chi connectivity index (χ4v) is 2.45. The van der Waals surface area contributed by atoms with Crippen LogP contribution in [0.5, 0.6) is 0 Å². The normalized spacial score (nSPS) is 29.8. The third kappa shape index (κ3) is 2.40. The quantitative estimate of drug-likeness (QED) is 0.787. The molecule has 1 aliphatic carbocycles. The van der Waals surface area contributed by atoms with Gasteiger partial charge in [-0.2, -0.15) is 0 Å². The van der Waals surface area contributed by atoms with Crippen molar-refractivity contribution in [3.8, 4) is 0 Å². The summed E-state index contributed by atoms with van der Waals surface area (Å²) in [6, 6.07) is 0.338. The van der Waals surface area contributed by atoms with Crippen LogP contribution in [0.3, 0.4) is 0 Å². The molecule has 1 saturated carbocycles. The van der Waals surface area contributed by atoms with Gasteiger partial charge in [-0.05, 0) is 52.5 Å². The summed E-state index contributed by atoms with van der Waals surface area (Å²) < 4.78 is 0. The van der Waals surface area contributed by atoms with Gasteiger partial charge >= 0.3 is 0 Å². The average molecular weight is 224 g/mol. The third-order valence-electron chi connectivity index (χ3n) is 3.92. The number of hydrogen-bond acceptors (Lipinski definition) is 2. The van der Waals surface area contributed by atoms with Gasteiger partial charge in [0.05, 0.1) is 5.41 Å². The minimum Gasteiger partial charge on any atom is -0.339 e. The van der Waals surface area contributed by atoms with E-state index >= 15 is 0 Å². The summed E-state index contributed by atoms with van der Waals surface area (Å²) >= 11 is 0. The van der Waals surface area contributed by atoms with Crippen molar-refractivity contribution in [1.82, 2.24) is 10.2 Å². The van der Waals surface area contributed by atoms with Crippen molar-refractivity contribution >= 4 is 5.91 Å². The predicted molar refractivity (Wildman–Crippen MR) is 65.2 cm³/mol. The molecule has 0 bridgehead atoms. The molecule has 2 fully saturated rings. The summed E-state index contributed by atoms with van der Waals surface area (Å²) in [6.07, 6.45) is 3.61. The van der Waals surface area contributed by atoms with Crippen molar-refractivity contribution in [1.29, 1.82) is 0 Å².